The standard InChI is InChI=1S/C25H28N2O5/c1-25(2,3)32-24(30)26-13-14-31-21(20(15-26)17-9-5-4-6-10-17)16-27-22(28)18-11-7-8-12-19(18)23(27)29/h4-12,20-21H,13-16H2,1-3H3/t20-,21+/m0/s1. The van der Waals surface area contributed by atoms with E-state index in [9.17, 15) is 14.4 Å². The summed E-state index contributed by atoms with van der Waals surface area (Å²) in [6.45, 7) is 6.64. The van der Waals surface area contributed by atoms with Crippen LogP contribution < -0.4 is 0 Å². The van der Waals surface area contributed by atoms with Gasteiger partial charge in [0.1, 0.15) is 5.60 Å². The van der Waals surface area contributed by atoms with Crippen molar-refractivity contribution >= 4 is 17.9 Å². The zero-order chi connectivity index (χ0) is 22.9. The molecule has 3 amide bonds. The van der Waals surface area contributed by atoms with Crippen LogP contribution in [0.15, 0.2) is 54.6 Å². The summed E-state index contributed by atoms with van der Waals surface area (Å²) in [4.78, 5) is 41.5. The molecule has 0 aromatic heterocycles. The van der Waals surface area contributed by atoms with Crippen molar-refractivity contribution in [2.75, 3.05) is 26.2 Å². The van der Waals surface area contributed by atoms with Crippen molar-refractivity contribution in [3.63, 3.8) is 0 Å². The molecule has 0 aliphatic carbocycles. The number of ether oxygens (including phenoxy) is 2. The van der Waals surface area contributed by atoms with Crippen LogP contribution in [0.4, 0.5) is 4.79 Å². The molecule has 2 heterocycles. The number of carbonyl (C=O) groups excluding carboxylic acids is 3. The molecule has 4 rings (SSSR count). The molecule has 2 aromatic rings. The summed E-state index contributed by atoms with van der Waals surface area (Å²) in [5, 5.41) is 0. The van der Waals surface area contributed by atoms with Crippen molar-refractivity contribution in [3.05, 3.63) is 71.3 Å². The van der Waals surface area contributed by atoms with E-state index < -0.39 is 17.8 Å². The number of fused-ring (bicyclic) bond motifs is 1. The fraction of sp³-hybridized carbons (Fsp3) is 0.400. The molecule has 32 heavy (non-hydrogen) atoms. The van der Waals surface area contributed by atoms with Crippen molar-refractivity contribution in [2.45, 2.75) is 38.4 Å². The number of hydrogen-bond acceptors (Lipinski definition) is 5. The highest BCUT2D eigenvalue weighted by molar-refractivity contribution is 6.21. The van der Waals surface area contributed by atoms with Crippen molar-refractivity contribution in [1.82, 2.24) is 9.80 Å². The van der Waals surface area contributed by atoms with Crippen LogP contribution in [0.5, 0.6) is 0 Å². The summed E-state index contributed by atoms with van der Waals surface area (Å²) in [5.74, 6) is -0.848. The smallest absolute Gasteiger partial charge is 0.410 e. The van der Waals surface area contributed by atoms with Crippen molar-refractivity contribution in [1.29, 1.82) is 0 Å². The Labute approximate surface area is 187 Å². The Kier molecular flexibility index (Phi) is 6.02. The Morgan fingerprint density at radius 3 is 2.19 bits per heavy atom. The minimum Gasteiger partial charge on any atom is -0.444 e. The molecule has 2 aromatic carbocycles. The second-order valence-corrected chi connectivity index (χ2v) is 9.12. The molecule has 1 fully saturated rings. The molecule has 0 spiro atoms. The fourth-order valence-corrected chi connectivity index (χ4v) is 4.15. The van der Waals surface area contributed by atoms with E-state index in [1.165, 1.54) is 4.90 Å². The van der Waals surface area contributed by atoms with E-state index in [2.05, 4.69) is 0 Å². The second kappa shape index (κ2) is 8.74. The van der Waals surface area contributed by atoms with Crippen LogP contribution in [-0.4, -0.2) is 65.7 Å². The third-order valence-electron chi connectivity index (χ3n) is 5.68. The Hall–Kier alpha value is -3.19. The largest absolute Gasteiger partial charge is 0.444 e. The van der Waals surface area contributed by atoms with E-state index in [-0.39, 0.29) is 30.9 Å². The van der Waals surface area contributed by atoms with Gasteiger partial charge >= 0.3 is 6.09 Å². The van der Waals surface area contributed by atoms with Crippen LogP contribution in [0, 0.1) is 0 Å². The zero-order valence-electron chi connectivity index (χ0n) is 18.6. The third kappa shape index (κ3) is 4.53. The van der Waals surface area contributed by atoms with Gasteiger partial charge in [-0.25, -0.2) is 4.79 Å². The van der Waals surface area contributed by atoms with Crippen LogP contribution in [0.3, 0.4) is 0 Å². The lowest BCUT2D eigenvalue weighted by molar-refractivity contribution is 0.0196. The monoisotopic (exact) mass is 436 g/mol. The molecule has 0 bridgehead atoms. The zero-order valence-corrected chi connectivity index (χ0v) is 18.6. The van der Waals surface area contributed by atoms with Crippen LogP contribution in [0.1, 0.15) is 53.0 Å². The Morgan fingerprint density at radius 1 is 1.00 bits per heavy atom. The van der Waals surface area contributed by atoms with E-state index in [1.54, 1.807) is 29.2 Å². The van der Waals surface area contributed by atoms with Gasteiger partial charge in [0.15, 0.2) is 0 Å². The van der Waals surface area contributed by atoms with Gasteiger partial charge in [-0.15, -0.1) is 0 Å². The normalized spacial score (nSPS) is 21.3. The van der Waals surface area contributed by atoms with Crippen LogP contribution in [0.25, 0.3) is 0 Å². The summed E-state index contributed by atoms with van der Waals surface area (Å²) in [5.41, 5.74) is 1.20. The third-order valence-corrected chi connectivity index (χ3v) is 5.68. The van der Waals surface area contributed by atoms with Gasteiger partial charge in [-0.1, -0.05) is 42.5 Å². The maximum Gasteiger partial charge on any atom is 0.410 e. The molecule has 168 valence electrons. The maximum absolute atomic E-state index is 12.9. The molecule has 0 N–H and O–H groups in total. The molecule has 2 aliphatic rings. The number of benzene rings is 2. The first-order chi connectivity index (χ1) is 15.2. The molecule has 2 aliphatic heterocycles. The molecule has 0 radical (unpaired) electrons. The molecule has 7 heteroatoms. The van der Waals surface area contributed by atoms with Gasteiger partial charge in [-0.2, -0.15) is 0 Å². The number of imide groups is 1. The average molecular weight is 437 g/mol. The number of rotatable bonds is 3. The van der Waals surface area contributed by atoms with E-state index in [4.69, 9.17) is 9.47 Å². The van der Waals surface area contributed by atoms with E-state index >= 15 is 0 Å². The topological polar surface area (TPSA) is 76.2 Å². The molecule has 0 saturated carbocycles. The predicted octanol–water partition coefficient (Wildman–Crippen LogP) is 3.70. The molecule has 7 nitrogen and oxygen atoms in total. The molecule has 2 atom stereocenters. The predicted molar refractivity (Wildman–Crippen MR) is 119 cm³/mol. The van der Waals surface area contributed by atoms with Crippen molar-refractivity contribution in [3.8, 4) is 0 Å². The molecular weight excluding hydrogens is 408 g/mol. The summed E-state index contributed by atoms with van der Waals surface area (Å²) in [7, 11) is 0. The second-order valence-electron chi connectivity index (χ2n) is 9.12. The van der Waals surface area contributed by atoms with Gasteiger partial charge in [0.25, 0.3) is 11.8 Å². The summed E-state index contributed by atoms with van der Waals surface area (Å²) in [6, 6.07) is 16.6. The first-order valence-electron chi connectivity index (χ1n) is 10.8. The number of hydrogen-bond donors (Lipinski definition) is 0. The van der Waals surface area contributed by atoms with Gasteiger partial charge in [0.05, 0.1) is 30.4 Å². The van der Waals surface area contributed by atoms with Crippen molar-refractivity contribution in [2.24, 2.45) is 0 Å². The highest BCUT2D eigenvalue weighted by Gasteiger charge is 2.40. The van der Waals surface area contributed by atoms with Gasteiger partial charge in [0, 0.05) is 19.0 Å². The van der Waals surface area contributed by atoms with Gasteiger partial charge in [-0.05, 0) is 38.5 Å². The molecular formula is C25H28N2O5. The highest BCUT2D eigenvalue weighted by Crippen LogP contribution is 2.30. The number of carbonyl (C=O) groups is 3. The van der Waals surface area contributed by atoms with Crippen LogP contribution >= 0.6 is 0 Å². The van der Waals surface area contributed by atoms with Crippen LogP contribution in [0.2, 0.25) is 0 Å². The number of nitrogens with zero attached hydrogens (tertiary/aromatic N) is 2. The Balaban J connectivity index is 1.59. The summed E-state index contributed by atoms with van der Waals surface area (Å²) >= 11 is 0. The fourth-order valence-electron chi connectivity index (χ4n) is 4.15. The lowest BCUT2D eigenvalue weighted by Crippen LogP contribution is -2.43. The molecule has 0 unspecified atom stereocenters. The van der Waals surface area contributed by atoms with Gasteiger partial charge in [0.2, 0.25) is 0 Å². The Bertz CT molecular complexity index is 979. The van der Waals surface area contributed by atoms with E-state index in [0.29, 0.717) is 24.2 Å². The van der Waals surface area contributed by atoms with Crippen LogP contribution in [-0.2, 0) is 9.47 Å². The maximum atomic E-state index is 12.9. The number of amides is 3. The summed E-state index contributed by atoms with van der Waals surface area (Å²) < 4.78 is 11.7. The average Bonchev–Trinajstić information content (AvgIpc) is 2.91. The SMILES string of the molecule is CC(C)(C)OC(=O)N1CCO[C@H](CN2C(=O)c3ccccc3C2=O)[C@H](c2ccccc2)C1. The van der Waals surface area contributed by atoms with E-state index in [0.717, 1.165) is 5.56 Å². The van der Waals surface area contributed by atoms with Crippen molar-refractivity contribution < 1.29 is 23.9 Å². The van der Waals surface area contributed by atoms with E-state index in [1.807, 2.05) is 51.1 Å². The first kappa shape index (κ1) is 22.0. The first-order valence-corrected chi connectivity index (χ1v) is 10.8. The summed E-state index contributed by atoms with van der Waals surface area (Å²) in [6.07, 6.45) is -0.851. The quantitative estimate of drug-likeness (QED) is 0.686. The minimum absolute atomic E-state index is 0.119. The highest BCUT2D eigenvalue weighted by atomic mass is 16.6. The lowest BCUT2D eigenvalue weighted by atomic mass is 9.92. The molecule has 1 saturated heterocycles. The van der Waals surface area contributed by atoms with Gasteiger partial charge in [-0.3, -0.25) is 14.5 Å². The Morgan fingerprint density at radius 2 is 1.59 bits per heavy atom. The lowest BCUT2D eigenvalue weighted by Gasteiger charge is -2.31. The minimum atomic E-state index is -0.605. The van der Waals surface area contributed by atoms with Gasteiger partial charge < -0.3 is 14.4 Å².